The molecule has 1 aromatic heterocycles. The highest BCUT2D eigenvalue weighted by Crippen LogP contribution is 2.46. The van der Waals surface area contributed by atoms with Gasteiger partial charge in [0.05, 0.1) is 17.3 Å². The zero-order chi connectivity index (χ0) is 10.2. The lowest BCUT2D eigenvalue weighted by Gasteiger charge is -2.39. The highest BCUT2D eigenvalue weighted by Gasteiger charge is 2.40. The lowest BCUT2D eigenvalue weighted by atomic mass is 9.68. The number of aromatic nitrogens is 1. The van der Waals surface area contributed by atoms with Crippen molar-refractivity contribution in [3.8, 4) is 0 Å². The number of aryl methyl sites for hydroxylation is 2. The number of rotatable bonds is 3. The first-order valence-corrected chi connectivity index (χ1v) is 6.11. The Morgan fingerprint density at radius 1 is 1.50 bits per heavy atom. The van der Waals surface area contributed by atoms with Crippen LogP contribution in [0.3, 0.4) is 0 Å². The van der Waals surface area contributed by atoms with Crippen LogP contribution in [0.25, 0.3) is 0 Å². The Hall–Kier alpha value is -0.410. The molecule has 2 rings (SSSR count). The molecule has 1 aromatic rings. The first kappa shape index (κ1) is 10.1. The van der Waals surface area contributed by atoms with Crippen molar-refractivity contribution in [2.24, 2.45) is 0 Å². The minimum atomic E-state index is 0.0785. The van der Waals surface area contributed by atoms with Crippen molar-refractivity contribution in [2.75, 3.05) is 6.61 Å². The fourth-order valence-corrected chi connectivity index (χ4v) is 3.40. The third kappa shape index (κ3) is 1.39. The number of hydrogen-bond acceptors (Lipinski definition) is 3. The van der Waals surface area contributed by atoms with Crippen LogP contribution >= 0.6 is 11.3 Å². The van der Waals surface area contributed by atoms with Crippen molar-refractivity contribution in [1.82, 2.24) is 4.98 Å². The summed E-state index contributed by atoms with van der Waals surface area (Å²) in [7, 11) is 0. The molecule has 0 aliphatic heterocycles. The topological polar surface area (TPSA) is 33.1 Å². The lowest BCUT2D eigenvalue weighted by molar-refractivity contribution is 0.122. The van der Waals surface area contributed by atoms with Gasteiger partial charge in [0.1, 0.15) is 0 Å². The normalized spacial score (nSPS) is 19.4. The smallest absolute Gasteiger partial charge is 0.0928 e. The van der Waals surface area contributed by atoms with Gasteiger partial charge in [-0.05, 0) is 26.2 Å². The van der Waals surface area contributed by atoms with Crippen molar-refractivity contribution in [3.63, 3.8) is 0 Å². The summed E-state index contributed by atoms with van der Waals surface area (Å²) in [6.45, 7) is 4.49. The zero-order valence-corrected chi connectivity index (χ0v) is 9.65. The molecule has 0 bridgehead atoms. The largest absolute Gasteiger partial charge is 0.395 e. The van der Waals surface area contributed by atoms with Crippen LogP contribution in [0.5, 0.6) is 0 Å². The molecule has 0 spiro atoms. The maximum absolute atomic E-state index is 9.48. The van der Waals surface area contributed by atoms with E-state index in [0.29, 0.717) is 6.61 Å². The van der Waals surface area contributed by atoms with E-state index in [0.717, 1.165) is 25.0 Å². The minimum absolute atomic E-state index is 0.0785. The first-order valence-electron chi connectivity index (χ1n) is 5.29. The van der Waals surface area contributed by atoms with Crippen molar-refractivity contribution in [1.29, 1.82) is 0 Å². The highest BCUT2D eigenvalue weighted by atomic mass is 32.1. The second-order valence-corrected chi connectivity index (χ2v) is 5.25. The molecule has 1 fully saturated rings. The average molecular weight is 211 g/mol. The summed E-state index contributed by atoms with van der Waals surface area (Å²) in [5.41, 5.74) is 1.22. The van der Waals surface area contributed by atoms with Crippen LogP contribution in [-0.4, -0.2) is 16.7 Å². The molecule has 1 saturated carbocycles. The number of aliphatic hydroxyl groups excluding tert-OH is 1. The van der Waals surface area contributed by atoms with Crippen LogP contribution in [-0.2, 0) is 11.8 Å². The maximum Gasteiger partial charge on any atom is 0.0928 e. The number of nitrogens with zero attached hydrogens (tertiary/aromatic N) is 1. The summed E-state index contributed by atoms with van der Waals surface area (Å²) in [5.74, 6) is 0. The molecule has 0 aromatic carbocycles. The molecule has 0 unspecified atom stereocenters. The Labute approximate surface area is 89.0 Å². The standard InChI is InChI=1S/C11H17NOS/c1-3-9-12-8(2)10(14-9)11(7-13)5-4-6-11/h13H,3-7H2,1-2H3. The molecule has 0 atom stereocenters. The predicted octanol–water partition coefficient (Wildman–Crippen LogP) is 2.43. The zero-order valence-electron chi connectivity index (χ0n) is 8.84. The van der Waals surface area contributed by atoms with E-state index in [2.05, 4.69) is 18.8 Å². The molecule has 1 aliphatic rings. The summed E-state index contributed by atoms with van der Waals surface area (Å²) in [6, 6.07) is 0. The van der Waals surface area contributed by atoms with Gasteiger partial charge in [-0.2, -0.15) is 0 Å². The minimum Gasteiger partial charge on any atom is -0.395 e. The number of aliphatic hydroxyl groups is 1. The van der Waals surface area contributed by atoms with Crippen LogP contribution < -0.4 is 0 Å². The van der Waals surface area contributed by atoms with Gasteiger partial charge in [-0.15, -0.1) is 11.3 Å². The van der Waals surface area contributed by atoms with Crippen LogP contribution in [0.4, 0.5) is 0 Å². The van der Waals surface area contributed by atoms with Crippen LogP contribution in [0, 0.1) is 6.92 Å². The van der Waals surface area contributed by atoms with E-state index < -0.39 is 0 Å². The Balaban J connectivity index is 2.34. The third-order valence-corrected chi connectivity index (χ3v) is 4.79. The average Bonchev–Trinajstić information content (AvgIpc) is 2.48. The van der Waals surface area contributed by atoms with Gasteiger partial charge in [0.25, 0.3) is 0 Å². The second kappa shape index (κ2) is 3.63. The van der Waals surface area contributed by atoms with E-state index in [-0.39, 0.29) is 5.41 Å². The molecule has 1 aliphatic carbocycles. The van der Waals surface area contributed by atoms with Crippen molar-refractivity contribution >= 4 is 11.3 Å². The maximum atomic E-state index is 9.48. The van der Waals surface area contributed by atoms with Gasteiger partial charge in [-0.25, -0.2) is 4.98 Å². The molecular formula is C11H17NOS. The van der Waals surface area contributed by atoms with Crippen molar-refractivity contribution in [2.45, 2.75) is 44.9 Å². The quantitative estimate of drug-likeness (QED) is 0.833. The summed E-state index contributed by atoms with van der Waals surface area (Å²) in [4.78, 5) is 5.87. The van der Waals surface area contributed by atoms with E-state index in [1.165, 1.54) is 16.3 Å². The van der Waals surface area contributed by atoms with Crippen LogP contribution in [0.2, 0.25) is 0 Å². The Bertz CT molecular complexity index is 323. The Morgan fingerprint density at radius 2 is 2.21 bits per heavy atom. The summed E-state index contributed by atoms with van der Waals surface area (Å²) < 4.78 is 0. The SMILES string of the molecule is CCc1nc(C)c(C2(CO)CCC2)s1. The fourth-order valence-electron chi connectivity index (χ4n) is 2.16. The van der Waals surface area contributed by atoms with Crippen LogP contribution in [0.1, 0.15) is 41.8 Å². The molecular weight excluding hydrogens is 194 g/mol. The molecule has 1 N–H and O–H groups in total. The van der Waals surface area contributed by atoms with Crippen molar-refractivity contribution < 1.29 is 5.11 Å². The van der Waals surface area contributed by atoms with E-state index in [1.807, 2.05) is 0 Å². The highest BCUT2D eigenvalue weighted by molar-refractivity contribution is 7.11. The number of hydrogen-bond donors (Lipinski definition) is 1. The van der Waals surface area contributed by atoms with E-state index >= 15 is 0 Å². The monoisotopic (exact) mass is 211 g/mol. The summed E-state index contributed by atoms with van der Waals surface area (Å²) >= 11 is 1.80. The molecule has 78 valence electrons. The fraction of sp³-hybridized carbons (Fsp3) is 0.727. The summed E-state index contributed by atoms with van der Waals surface area (Å²) in [6.07, 6.45) is 4.53. The van der Waals surface area contributed by atoms with E-state index in [9.17, 15) is 5.11 Å². The van der Waals surface area contributed by atoms with Gasteiger partial charge < -0.3 is 5.11 Å². The molecule has 0 radical (unpaired) electrons. The molecule has 14 heavy (non-hydrogen) atoms. The molecule has 0 saturated heterocycles. The predicted molar refractivity (Wildman–Crippen MR) is 58.8 cm³/mol. The molecule has 1 heterocycles. The molecule has 0 amide bonds. The second-order valence-electron chi connectivity index (χ2n) is 4.17. The van der Waals surface area contributed by atoms with Gasteiger partial charge in [0.15, 0.2) is 0 Å². The Kier molecular flexibility index (Phi) is 2.62. The van der Waals surface area contributed by atoms with Gasteiger partial charge >= 0.3 is 0 Å². The van der Waals surface area contributed by atoms with Crippen molar-refractivity contribution in [3.05, 3.63) is 15.6 Å². The first-order chi connectivity index (χ1) is 6.72. The summed E-state index contributed by atoms with van der Waals surface area (Å²) in [5, 5.41) is 10.7. The van der Waals surface area contributed by atoms with Crippen LogP contribution in [0.15, 0.2) is 0 Å². The third-order valence-electron chi connectivity index (χ3n) is 3.24. The van der Waals surface area contributed by atoms with Gasteiger partial charge in [-0.1, -0.05) is 13.3 Å². The van der Waals surface area contributed by atoms with Gasteiger partial charge in [0.2, 0.25) is 0 Å². The molecule has 3 heteroatoms. The number of thiazole rings is 1. The Morgan fingerprint density at radius 3 is 2.57 bits per heavy atom. The van der Waals surface area contributed by atoms with Gasteiger partial charge in [0, 0.05) is 10.3 Å². The van der Waals surface area contributed by atoms with E-state index in [1.54, 1.807) is 11.3 Å². The lowest BCUT2D eigenvalue weighted by Crippen LogP contribution is -2.37. The molecule has 2 nitrogen and oxygen atoms in total. The van der Waals surface area contributed by atoms with E-state index in [4.69, 9.17) is 0 Å². The van der Waals surface area contributed by atoms with Gasteiger partial charge in [-0.3, -0.25) is 0 Å².